The fourth-order valence-electron chi connectivity index (χ4n) is 6.09. The molecule has 17 heteroatoms. The quantitative estimate of drug-likeness (QED) is 0.101. The van der Waals surface area contributed by atoms with Gasteiger partial charge in [-0.25, -0.2) is 4.79 Å². The van der Waals surface area contributed by atoms with Crippen LogP contribution >= 0.6 is 0 Å². The smallest absolute Gasteiger partial charge is 0.338 e. The van der Waals surface area contributed by atoms with Crippen LogP contribution in [0, 0.1) is 5.92 Å². The molecular weight excluding hydrogens is 656 g/mol. The van der Waals surface area contributed by atoms with E-state index >= 15 is 0 Å². The number of hydrogen-bond acceptors (Lipinski definition) is 17. The van der Waals surface area contributed by atoms with Crippen LogP contribution in [-0.4, -0.2) is 153 Å². The number of carbonyl (C=O) groups is 1. The molecule has 2 aromatic carbocycles. The van der Waals surface area contributed by atoms with E-state index < -0.39 is 92.1 Å². The van der Waals surface area contributed by atoms with Crippen LogP contribution in [0.5, 0.6) is 23.0 Å². The van der Waals surface area contributed by atoms with Gasteiger partial charge >= 0.3 is 5.97 Å². The molecule has 0 amide bonds. The molecule has 2 aromatic rings. The van der Waals surface area contributed by atoms with Gasteiger partial charge in [0.1, 0.15) is 48.8 Å². The van der Waals surface area contributed by atoms with Gasteiger partial charge in [0, 0.05) is 12.3 Å². The minimum absolute atomic E-state index is 0.0289. The third-order valence-corrected chi connectivity index (χ3v) is 9.06. The number of benzene rings is 2. The van der Waals surface area contributed by atoms with Crippen molar-refractivity contribution < 1.29 is 83.9 Å². The minimum Gasteiger partial charge on any atom is -0.504 e. The van der Waals surface area contributed by atoms with Crippen LogP contribution in [-0.2, 0) is 36.6 Å². The van der Waals surface area contributed by atoms with Crippen molar-refractivity contribution >= 4 is 5.97 Å². The van der Waals surface area contributed by atoms with E-state index in [1.54, 1.807) is 18.2 Å². The van der Waals surface area contributed by atoms with Crippen molar-refractivity contribution in [1.29, 1.82) is 0 Å². The average Bonchev–Trinajstić information content (AvgIpc) is 3.36. The molecule has 3 saturated heterocycles. The van der Waals surface area contributed by atoms with Crippen molar-refractivity contribution in [1.82, 2.24) is 0 Å². The number of aromatic hydroxyl groups is 1. The third kappa shape index (κ3) is 7.57. The van der Waals surface area contributed by atoms with Crippen molar-refractivity contribution in [2.75, 3.05) is 34.0 Å². The number of hydrogen-bond donors (Lipinski definition) is 9. The fourth-order valence-corrected chi connectivity index (χ4v) is 6.09. The van der Waals surface area contributed by atoms with Crippen LogP contribution < -0.4 is 14.2 Å². The van der Waals surface area contributed by atoms with E-state index in [-0.39, 0.29) is 42.4 Å². The molecule has 0 aliphatic carbocycles. The first-order chi connectivity index (χ1) is 23.3. The lowest BCUT2D eigenvalue weighted by Gasteiger charge is -2.42. The van der Waals surface area contributed by atoms with Crippen molar-refractivity contribution in [2.45, 2.75) is 79.9 Å². The first-order valence-electron chi connectivity index (χ1n) is 15.5. The van der Waals surface area contributed by atoms with Crippen LogP contribution in [0.4, 0.5) is 0 Å². The van der Waals surface area contributed by atoms with E-state index in [4.69, 9.17) is 33.2 Å². The number of ether oxygens (including phenoxy) is 7. The second-order valence-corrected chi connectivity index (χ2v) is 12.3. The summed E-state index contributed by atoms with van der Waals surface area (Å²) in [6.07, 6.45) is -15.9. The topological polar surface area (TPSA) is 264 Å². The number of phenolic OH excluding ortho intramolecular Hbond substituents is 1. The zero-order valence-electron chi connectivity index (χ0n) is 26.6. The molecule has 49 heavy (non-hydrogen) atoms. The molecular formula is C32H42O17. The Labute approximate surface area is 280 Å². The Balaban J connectivity index is 1.27. The first-order valence-corrected chi connectivity index (χ1v) is 15.5. The monoisotopic (exact) mass is 698 g/mol. The van der Waals surface area contributed by atoms with Crippen LogP contribution in [0.3, 0.4) is 0 Å². The lowest BCUT2D eigenvalue weighted by atomic mass is 9.81. The molecule has 3 aliphatic rings. The summed E-state index contributed by atoms with van der Waals surface area (Å²) < 4.78 is 38.1. The highest BCUT2D eigenvalue weighted by atomic mass is 16.7. The number of esters is 1. The van der Waals surface area contributed by atoms with E-state index in [0.29, 0.717) is 11.1 Å². The van der Waals surface area contributed by atoms with Crippen LogP contribution in [0.2, 0.25) is 0 Å². The van der Waals surface area contributed by atoms with Gasteiger partial charge in [-0.1, -0.05) is 12.1 Å². The van der Waals surface area contributed by atoms with Gasteiger partial charge in [0.05, 0.1) is 34.0 Å². The van der Waals surface area contributed by atoms with Crippen LogP contribution in [0.1, 0.15) is 11.1 Å². The summed E-state index contributed by atoms with van der Waals surface area (Å²) in [5, 5.41) is 92.8. The number of methoxy groups -OCH3 is 2. The summed E-state index contributed by atoms with van der Waals surface area (Å²) in [5.41, 5.74) is -0.742. The molecule has 0 aromatic heterocycles. The second kappa shape index (κ2) is 15.3. The molecule has 0 unspecified atom stereocenters. The van der Waals surface area contributed by atoms with Crippen molar-refractivity contribution in [3.05, 3.63) is 47.5 Å². The van der Waals surface area contributed by atoms with Crippen molar-refractivity contribution in [3.8, 4) is 23.0 Å². The average molecular weight is 699 g/mol. The Bertz CT molecular complexity index is 1440. The molecule has 0 bridgehead atoms. The van der Waals surface area contributed by atoms with E-state index in [1.807, 2.05) is 0 Å². The maximum Gasteiger partial charge on any atom is 0.338 e. The number of cyclic esters (lactones) is 1. The van der Waals surface area contributed by atoms with Gasteiger partial charge in [-0.3, -0.25) is 0 Å². The summed E-state index contributed by atoms with van der Waals surface area (Å²) in [6.45, 7) is -1.27. The minimum atomic E-state index is -1.91. The number of aliphatic hydroxyl groups is 8. The number of rotatable bonds is 12. The molecule has 272 valence electrons. The molecule has 3 fully saturated rings. The Morgan fingerprint density at radius 3 is 2.06 bits per heavy atom. The molecule has 17 nitrogen and oxygen atoms in total. The van der Waals surface area contributed by atoms with Gasteiger partial charge < -0.3 is 79.1 Å². The molecule has 0 saturated carbocycles. The third-order valence-electron chi connectivity index (χ3n) is 9.06. The second-order valence-electron chi connectivity index (χ2n) is 12.3. The van der Waals surface area contributed by atoms with Gasteiger partial charge in [0.25, 0.3) is 0 Å². The Morgan fingerprint density at radius 1 is 0.776 bits per heavy atom. The van der Waals surface area contributed by atoms with E-state index in [1.165, 1.54) is 32.4 Å². The summed E-state index contributed by atoms with van der Waals surface area (Å²) in [4.78, 5) is 12.8. The molecule has 5 rings (SSSR count). The van der Waals surface area contributed by atoms with Crippen LogP contribution in [0.25, 0.3) is 0 Å². The lowest BCUT2D eigenvalue weighted by molar-refractivity contribution is -0.323. The van der Waals surface area contributed by atoms with E-state index in [2.05, 4.69) is 0 Å². The molecule has 0 radical (unpaired) electrons. The normalized spacial score (nSPS) is 36.3. The highest BCUT2D eigenvalue weighted by Gasteiger charge is 2.51. The maximum atomic E-state index is 12.8. The fraction of sp³-hybridized carbons (Fsp3) is 0.594. The molecule has 12 atom stereocenters. The predicted octanol–water partition coefficient (Wildman–Crippen LogP) is -2.90. The van der Waals surface area contributed by atoms with Gasteiger partial charge in [-0.05, 0) is 41.8 Å². The van der Waals surface area contributed by atoms with Crippen LogP contribution in [0.15, 0.2) is 36.4 Å². The SMILES string of the molecule is COc1cc(C[C@H]2COC(=O)[C@]2(O)Cc2ccc(O[C@@H]3O[C@H](CO[C@@H]4O[C@H](CO)[C@@H](O)[C@H](O)[C@H]4O)[C@@H](O)[C@H](O)[C@H]3O)c(OC)c2)ccc1O. The number of aliphatic hydroxyl groups excluding tert-OH is 7. The van der Waals surface area contributed by atoms with Gasteiger partial charge in [-0.15, -0.1) is 0 Å². The van der Waals surface area contributed by atoms with E-state index in [0.717, 1.165) is 0 Å². The Hall–Kier alpha value is -3.33. The maximum absolute atomic E-state index is 12.8. The molecule has 0 spiro atoms. The zero-order valence-corrected chi connectivity index (χ0v) is 26.6. The summed E-state index contributed by atoms with van der Waals surface area (Å²) in [5.74, 6) is -1.11. The standard InChI is InChI=1S/C32H42O17/c1-43-19-8-14(3-5-17(19)34)7-16-12-46-31(41)32(16,42)10-15-4-6-18(20(9-15)44-2)47-30-28(40)26(38)24(36)22(49-30)13-45-29-27(39)25(37)23(35)21(11-33)48-29/h3-6,8-9,16,21-30,33-40,42H,7,10-13H2,1-2H3/t16-,21+,22+,23+,24+,25-,26-,27+,28+,29+,30+,32-/m0/s1. The van der Waals surface area contributed by atoms with Gasteiger partial charge in [0.2, 0.25) is 6.29 Å². The largest absolute Gasteiger partial charge is 0.504 e. The molecule has 3 heterocycles. The lowest BCUT2D eigenvalue weighted by Crippen LogP contribution is -2.62. The van der Waals surface area contributed by atoms with Gasteiger partial charge in [0.15, 0.2) is 34.9 Å². The summed E-state index contributed by atoms with van der Waals surface area (Å²) in [7, 11) is 2.74. The summed E-state index contributed by atoms with van der Waals surface area (Å²) >= 11 is 0. The highest BCUT2D eigenvalue weighted by Crippen LogP contribution is 2.38. The first kappa shape index (κ1) is 36.9. The zero-order chi connectivity index (χ0) is 35.6. The molecule has 3 aliphatic heterocycles. The number of carbonyl (C=O) groups excluding carboxylic acids is 1. The molecule has 9 N–H and O–H groups in total. The van der Waals surface area contributed by atoms with E-state index in [9.17, 15) is 50.8 Å². The number of phenols is 1. The van der Waals surface area contributed by atoms with Crippen molar-refractivity contribution in [2.24, 2.45) is 5.92 Å². The van der Waals surface area contributed by atoms with Gasteiger partial charge in [-0.2, -0.15) is 0 Å². The summed E-state index contributed by atoms with van der Waals surface area (Å²) in [6, 6.07) is 9.19. The Morgan fingerprint density at radius 2 is 1.39 bits per heavy atom. The van der Waals surface area contributed by atoms with Crippen molar-refractivity contribution in [3.63, 3.8) is 0 Å². The predicted molar refractivity (Wildman–Crippen MR) is 161 cm³/mol. The Kier molecular flexibility index (Phi) is 11.5. The highest BCUT2D eigenvalue weighted by molar-refractivity contribution is 5.82.